The highest BCUT2D eigenvalue weighted by Gasteiger charge is 2.23. The third-order valence-corrected chi connectivity index (χ3v) is 6.20. The summed E-state index contributed by atoms with van der Waals surface area (Å²) in [5, 5.41) is 2.12. The van der Waals surface area contributed by atoms with Gasteiger partial charge < -0.3 is 11.1 Å². The number of nitrogens with zero attached hydrogens (tertiary/aromatic N) is 1. The Labute approximate surface area is 166 Å². The van der Waals surface area contributed by atoms with Crippen molar-refractivity contribution in [2.24, 2.45) is 0 Å². The van der Waals surface area contributed by atoms with Gasteiger partial charge >= 0.3 is 0 Å². The van der Waals surface area contributed by atoms with Crippen molar-refractivity contribution in [3.8, 4) is 0 Å². The van der Waals surface area contributed by atoms with E-state index < -0.39 is 48.7 Å². The summed E-state index contributed by atoms with van der Waals surface area (Å²) in [7, 11) is -7.65. The first-order valence-electron chi connectivity index (χ1n) is 8.11. The summed E-state index contributed by atoms with van der Waals surface area (Å²) in [6, 6.07) is 2.56. The van der Waals surface area contributed by atoms with E-state index in [0.717, 1.165) is 30.7 Å². The molecule has 0 aliphatic rings. The van der Waals surface area contributed by atoms with Gasteiger partial charge in [0, 0.05) is 6.26 Å². The van der Waals surface area contributed by atoms with Crippen LogP contribution in [0.4, 0.5) is 26.0 Å². The van der Waals surface area contributed by atoms with Crippen molar-refractivity contribution in [3.05, 3.63) is 41.6 Å². The molecule has 1 amide bonds. The van der Waals surface area contributed by atoms with Crippen molar-refractivity contribution in [2.75, 3.05) is 27.8 Å². The van der Waals surface area contributed by atoms with Crippen molar-refractivity contribution < 1.29 is 30.4 Å². The van der Waals surface area contributed by atoms with E-state index in [4.69, 9.17) is 5.73 Å². The molecule has 2 aromatic rings. The van der Waals surface area contributed by atoms with E-state index in [1.165, 1.54) is 0 Å². The molecule has 1 heterocycles. The van der Waals surface area contributed by atoms with Crippen LogP contribution in [0.25, 0.3) is 0 Å². The second-order valence-electron chi connectivity index (χ2n) is 6.04. The zero-order valence-electron chi connectivity index (χ0n) is 15.4. The average Bonchev–Trinajstić information content (AvgIpc) is 2.58. The molecule has 0 saturated carbocycles. The molecule has 0 bridgehead atoms. The Kier molecular flexibility index (Phi) is 6.43. The lowest BCUT2D eigenvalue weighted by molar-refractivity contribution is 0.101. The molecule has 0 radical (unpaired) electrons. The van der Waals surface area contributed by atoms with Crippen LogP contribution in [0.5, 0.6) is 0 Å². The molecule has 2 rings (SSSR count). The van der Waals surface area contributed by atoms with E-state index in [0.29, 0.717) is 0 Å². The maximum Gasteiger partial charge on any atom is 0.261 e. The lowest BCUT2D eigenvalue weighted by Crippen LogP contribution is -2.21. The van der Waals surface area contributed by atoms with Crippen molar-refractivity contribution in [3.63, 3.8) is 0 Å². The first-order valence-corrected chi connectivity index (χ1v) is 11.7. The maximum atomic E-state index is 14.6. The summed E-state index contributed by atoms with van der Waals surface area (Å²) >= 11 is 0. The minimum atomic E-state index is -3.88. The summed E-state index contributed by atoms with van der Waals surface area (Å²) in [4.78, 5) is 15.6. The highest BCUT2D eigenvalue weighted by molar-refractivity contribution is 7.92. The van der Waals surface area contributed by atoms with Crippen LogP contribution >= 0.6 is 0 Å². The second kappa shape index (κ2) is 8.29. The lowest BCUT2D eigenvalue weighted by atomic mass is 10.1. The molecule has 0 atom stereocenters. The van der Waals surface area contributed by atoms with Crippen LogP contribution in [0.1, 0.15) is 23.7 Å². The van der Waals surface area contributed by atoms with Crippen molar-refractivity contribution in [1.82, 2.24) is 4.98 Å². The van der Waals surface area contributed by atoms with E-state index in [-0.39, 0.29) is 28.6 Å². The summed E-state index contributed by atoms with van der Waals surface area (Å²) in [5.41, 5.74) is 3.64. The summed E-state index contributed by atoms with van der Waals surface area (Å²) in [6.45, 7) is 1.60. The number of halogens is 2. The monoisotopic (exact) mass is 448 g/mol. The fraction of sp³-hybridized carbons (Fsp3) is 0.250. The number of pyridine rings is 1. The molecule has 29 heavy (non-hydrogen) atoms. The molecule has 1 aromatic heterocycles. The molecule has 9 nitrogen and oxygen atoms in total. The predicted octanol–water partition coefficient (Wildman–Crippen LogP) is 1.75. The fourth-order valence-electron chi connectivity index (χ4n) is 2.34. The Bertz CT molecular complexity index is 1170. The first kappa shape index (κ1) is 22.5. The minimum absolute atomic E-state index is 0.180. The number of nitrogens with one attached hydrogen (secondary N) is 2. The molecule has 4 N–H and O–H groups in total. The number of aromatic nitrogens is 1. The Balaban J connectivity index is 2.40. The van der Waals surface area contributed by atoms with Crippen molar-refractivity contribution in [1.29, 1.82) is 0 Å². The van der Waals surface area contributed by atoms with Gasteiger partial charge in [-0.25, -0.2) is 30.6 Å². The number of rotatable bonds is 7. The number of anilines is 3. The smallest absolute Gasteiger partial charge is 0.261 e. The number of hydrogen-bond acceptors (Lipinski definition) is 7. The Morgan fingerprint density at radius 2 is 1.86 bits per heavy atom. The molecular weight excluding hydrogens is 430 g/mol. The number of carbonyl (C=O) groups is 1. The summed E-state index contributed by atoms with van der Waals surface area (Å²) in [5.74, 6) is -4.55. The number of amides is 1. The van der Waals surface area contributed by atoms with Crippen LogP contribution in [0.15, 0.2) is 29.3 Å². The number of sulfone groups is 1. The van der Waals surface area contributed by atoms with Gasteiger partial charge in [0.2, 0.25) is 10.0 Å². The van der Waals surface area contributed by atoms with Crippen molar-refractivity contribution in [2.45, 2.75) is 18.2 Å². The molecule has 1 aromatic carbocycles. The van der Waals surface area contributed by atoms with Crippen LogP contribution in [0.3, 0.4) is 0 Å². The van der Waals surface area contributed by atoms with Gasteiger partial charge in [0.25, 0.3) is 5.91 Å². The van der Waals surface area contributed by atoms with E-state index in [1.54, 1.807) is 6.92 Å². The largest absolute Gasteiger partial charge is 0.383 e. The number of hydrogen-bond donors (Lipinski definition) is 3. The zero-order chi connectivity index (χ0) is 22.0. The second-order valence-corrected chi connectivity index (χ2v) is 9.86. The van der Waals surface area contributed by atoms with Gasteiger partial charge in [0.1, 0.15) is 22.1 Å². The standard InChI is InChI=1S/C16H18F2N4O5S2/c1-3-6-29(26,27)22-11-5-4-10(17)13(14(11)18)16(23)21-9-7-12(28(2,24)25)15(19)20-8-9/h4-5,7-8,22H,3,6H2,1-2H3,(H2,19,20)(H,21,23). The minimum Gasteiger partial charge on any atom is -0.383 e. The molecular formula is C16H18F2N4O5S2. The van der Waals surface area contributed by atoms with E-state index in [9.17, 15) is 30.4 Å². The molecule has 0 spiro atoms. The van der Waals surface area contributed by atoms with E-state index >= 15 is 0 Å². The molecule has 0 unspecified atom stereocenters. The Hall–Kier alpha value is -2.80. The average molecular weight is 448 g/mol. The Morgan fingerprint density at radius 3 is 2.45 bits per heavy atom. The maximum absolute atomic E-state index is 14.6. The molecule has 0 fully saturated rings. The summed E-state index contributed by atoms with van der Waals surface area (Å²) in [6.07, 6.45) is 2.14. The third kappa shape index (κ3) is 5.38. The number of nitrogen functional groups attached to an aromatic ring is 1. The SMILES string of the molecule is CCCS(=O)(=O)Nc1ccc(F)c(C(=O)Nc2cnc(N)c(S(C)(=O)=O)c2)c1F. The topological polar surface area (TPSA) is 148 Å². The van der Waals surface area contributed by atoms with E-state index in [2.05, 4.69) is 10.3 Å². The number of carbonyl (C=O) groups excluding carboxylic acids is 1. The van der Waals surface area contributed by atoms with Crippen LogP contribution < -0.4 is 15.8 Å². The Morgan fingerprint density at radius 1 is 1.21 bits per heavy atom. The van der Waals surface area contributed by atoms with Gasteiger partial charge in [0.05, 0.1) is 23.3 Å². The molecule has 158 valence electrons. The number of sulfonamides is 1. The lowest BCUT2D eigenvalue weighted by Gasteiger charge is -2.13. The van der Waals surface area contributed by atoms with Gasteiger partial charge in [-0.05, 0) is 24.6 Å². The molecule has 13 heteroatoms. The highest BCUT2D eigenvalue weighted by atomic mass is 32.2. The molecule has 0 aliphatic heterocycles. The highest BCUT2D eigenvalue weighted by Crippen LogP contribution is 2.25. The third-order valence-electron chi connectivity index (χ3n) is 3.60. The first-order chi connectivity index (χ1) is 13.4. The van der Waals surface area contributed by atoms with Crippen LogP contribution in [0, 0.1) is 11.6 Å². The number of nitrogens with two attached hydrogens (primary N) is 1. The van der Waals surface area contributed by atoms with Crippen LogP contribution in [-0.4, -0.2) is 39.7 Å². The van der Waals surface area contributed by atoms with Gasteiger partial charge in [0.15, 0.2) is 15.7 Å². The predicted molar refractivity (Wildman–Crippen MR) is 104 cm³/mol. The fourth-order valence-corrected chi connectivity index (χ4v) is 4.25. The van der Waals surface area contributed by atoms with Crippen LogP contribution in [0.2, 0.25) is 0 Å². The van der Waals surface area contributed by atoms with E-state index in [1.807, 2.05) is 4.72 Å². The van der Waals surface area contributed by atoms with Gasteiger partial charge in [-0.3, -0.25) is 9.52 Å². The van der Waals surface area contributed by atoms with Crippen molar-refractivity contribution >= 4 is 43.0 Å². The van der Waals surface area contributed by atoms with Crippen LogP contribution in [-0.2, 0) is 19.9 Å². The molecule has 0 aliphatic carbocycles. The normalized spacial score (nSPS) is 11.9. The number of benzene rings is 1. The van der Waals surface area contributed by atoms with Gasteiger partial charge in [-0.2, -0.15) is 0 Å². The van der Waals surface area contributed by atoms with Gasteiger partial charge in [-0.1, -0.05) is 6.92 Å². The molecule has 0 saturated heterocycles. The van der Waals surface area contributed by atoms with Gasteiger partial charge in [-0.15, -0.1) is 0 Å². The summed E-state index contributed by atoms with van der Waals surface area (Å²) < 4.78 is 77.7. The zero-order valence-corrected chi connectivity index (χ0v) is 17.0. The quantitative estimate of drug-likeness (QED) is 0.584.